The molecule has 0 radical (unpaired) electrons. The normalized spacial score (nSPS) is 20.6. The zero-order valence-corrected chi connectivity index (χ0v) is 9.70. The van der Waals surface area contributed by atoms with Gasteiger partial charge in [-0.3, -0.25) is 4.84 Å². The Labute approximate surface area is 95.0 Å². The first-order valence-electron chi connectivity index (χ1n) is 5.02. The minimum atomic E-state index is -0.329. The second-order valence-corrected chi connectivity index (χ2v) is 4.46. The SMILES string of the molecule is CC(C)(C)ONNC1C=CC=C(N)C1=C=O. The predicted octanol–water partition coefficient (Wildman–Crippen LogP) is 0.350. The van der Waals surface area contributed by atoms with Gasteiger partial charge in [-0.2, -0.15) is 0 Å². The summed E-state index contributed by atoms with van der Waals surface area (Å²) >= 11 is 0. The van der Waals surface area contributed by atoms with E-state index in [1.807, 2.05) is 26.7 Å². The highest BCUT2D eigenvalue weighted by Crippen LogP contribution is 2.12. The van der Waals surface area contributed by atoms with E-state index in [9.17, 15) is 4.79 Å². The van der Waals surface area contributed by atoms with Crippen molar-refractivity contribution in [1.29, 1.82) is 0 Å². The summed E-state index contributed by atoms with van der Waals surface area (Å²) in [7, 11) is 0. The fourth-order valence-corrected chi connectivity index (χ4v) is 1.12. The molecule has 0 aromatic heterocycles. The Balaban J connectivity index is 2.53. The molecule has 88 valence electrons. The van der Waals surface area contributed by atoms with Crippen LogP contribution in [0.1, 0.15) is 20.8 Å². The number of nitrogens with two attached hydrogens (primary N) is 1. The molecule has 0 saturated carbocycles. The quantitative estimate of drug-likeness (QED) is 0.475. The molecule has 16 heavy (non-hydrogen) atoms. The van der Waals surface area contributed by atoms with E-state index in [2.05, 4.69) is 11.0 Å². The minimum Gasteiger partial charge on any atom is -0.398 e. The standard InChI is InChI=1S/C11H17N3O2/c1-11(2,3)16-14-13-10-6-4-5-9(12)8(10)7-15/h4-6,10,13-14H,12H2,1-3H3. The Kier molecular flexibility index (Phi) is 4.04. The van der Waals surface area contributed by atoms with Crippen molar-refractivity contribution in [2.24, 2.45) is 5.73 Å². The lowest BCUT2D eigenvalue weighted by molar-refractivity contribution is -0.0941. The van der Waals surface area contributed by atoms with Crippen LogP contribution in [0.15, 0.2) is 29.5 Å². The summed E-state index contributed by atoms with van der Waals surface area (Å²) in [6, 6.07) is -0.329. The van der Waals surface area contributed by atoms with Crippen LogP contribution >= 0.6 is 0 Å². The van der Waals surface area contributed by atoms with E-state index in [-0.39, 0.29) is 11.6 Å². The van der Waals surface area contributed by atoms with Crippen LogP contribution in [0.3, 0.4) is 0 Å². The smallest absolute Gasteiger partial charge is 0.132 e. The third kappa shape index (κ3) is 3.64. The molecule has 0 amide bonds. The van der Waals surface area contributed by atoms with Gasteiger partial charge in [0.2, 0.25) is 0 Å². The van der Waals surface area contributed by atoms with Crippen LogP contribution in [-0.4, -0.2) is 17.6 Å². The Morgan fingerprint density at radius 1 is 1.50 bits per heavy atom. The summed E-state index contributed by atoms with van der Waals surface area (Å²) in [4.78, 5) is 16.0. The molecule has 4 N–H and O–H groups in total. The Bertz CT molecular complexity index is 360. The van der Waals surface area contributed by atoms with Gasteiger partial charge in [0.15, 0.2) is 0 Å². The lowest BCUT2D eigenvalue weighted by Crippen LogP contribution is -2.45. The number of carbonyl (C=O) groups excluding carboxylic acids is 1. The van der Waals surface area contributed by atoms with Crippen LogP contribution in [-0.2, 0) is 9.63 Å². The number of hydrazine groups is 1. The second-order valence-electron chi connectivity index (χ2n) is 4.46. The largest absolute Gasteiger partial charge is 0.398 e. The van der Waals surface area contributed by atoms with Crippen LogP contribution in [0.5, 0.6) is 0 Å². The molecule has 0 spiro atoms. The third-order valence-electron chi connectivity index (χ3n) is 1.88. The summed E-state index contributed by atoms with van der Waals surface area (Å²) in [5.74, 6) is 1.82. The molecule has 0 fully saturated rings. The lowest BCUT2D eigenvalue weighted by Gasteiger charge is -2.23. The van der Waals surface area contributed by atoms with Crippen LogP contribution in [0.25, 0.3) is 0 Å². The molecule has 0 aromatic rings. The van der Waals surface area contributed by atoms with Gasteiger partial charge in [-0.15, -0.1) is 5.59 Å². The van der Waals surface area contributed by atoms with Gasteiger partial charge in [0, 0.05) is 5.70 Å². The molecular weight excluding hydrogens is 206 g/mol. The highest BCUT2D eigenvalue weighted by molar-refractivity contribution is 5.65. The van der Waals surface area contributed by atoms with Crippen molar-refractivity contribution < 1.29 is 9.63 Å². The second kappa shape index (κ2) is 5.09. The van der Waals surface area contributed by atoms with Gasteiger partial charge in [0.05, 0.1) is 17.2 Å². The van der Waals surface area contributed by atoms with Gasteiger partial charge in [-0.1, -0.05) is 12.2 Å². The monoisotopic (exact) mass is 223 g/mol. The predicted molar refractivity (Wildman–Crippen MR) is 61.5 cm³/mol. The maximum atomic E-state index is 10.7. The van der Waals surface area contributed by atoms with Crippen molar-refractivity contribution >= 4 is 5.94 Å². The van der Waals surface area contributed by atoms with Crippen molar-refractivity contribution in [3.05, 3.63) is 29.5 Å². The van der Waals surface area contributed by atoms with Crippen molar-refractivity contribution in [2.45, 2.75) is 32.4 Å². The average molecular weight is 223 g/mol. The van der Waals surface area contributed by atoms with E-state index in [1.165, 1.54) is 0 Å². The zero-order chi connectivity index (χ0) is 12.2. The van der Waals surface area contributed by atoms with Crippen LogP contribution in [0.4, 0.5) is 0 Å². The van der Waals surface area contributed by atoms with Crippen molar-refractivity contribution in [3.63, 3.8) is 0 Å². The van der Waals surface area contributed by atoms with E-state index in [4.69, 9.17) is 10.6 Å². The maximum absolute atomic E-state index is 10.7. The van der Waals surface area contributed by atoms with E-state index in [0.29, 0.717) is 11.3 Å². The third-order valence-corrected chi connectivity index (χ3v) is 1.88. The number of allylic oxidation sites excluding steroid dienone is 2. The molecule has 1 atom stereocenters. The van der Waals surface area contributed by atoms with Gasteiger partial charge in [-0.05, 0) is 26.8 Å². The summed E-state index contributed by atoms with van der Waals surface area (Å²) in [5, 5.41) is 0. The van der Waals surface area contributed by atoms with Gasteiger partial charge in [-0.25, -0.2) is 10.2 Å². The molecule has 1 aliphatic rings. The molecule has 1 unspecified atom stereocenters. The maximum Gasteiger partial charge on any atom is 0.132 e. The first-order valence-corrected chi connectivity index (χ1v) is 5.02. The van der Waals surface area contributed by atoms with E-state index in [1.54, 1.807) is 18.2 Å². The van der Waals surface area contributed by atoms with Gasteiger partial charge in [0.1, 0.15) is 5.94 Å². The first-order chi connectivity index (χ1) is 7.44. The summed E-state index contributed by atoms with van der Waals surface area (Å²) in [6.45, 7) is 5.72. The van der Waals surface area contributed by atoms with Crippen molar-refractivity contribution in [3.8, 4) is 0 Å². The molecule has 1 aliphatic carbocycles. The Morgan fingerprint density at radius 3 is 2.75 bits per heavy atom. The topological polar surface area (TPSA) is 76.4 Å². The molecule has 5 heteroatoms. The minimum absolute atomic E-state index is 0.322. The van der Waals surface area contributed by atoms with Crippen molar-refractivity contribution in [2.75, 3.05) is 0 Å². The highest BCUT2D eigenvalue weighted by Gasteiger charge is 2.18. The van der Waals surface area contributed by atoms with Gasteiger partial charge in [0.25, 0.3) is 0 Å². The summed E-state index contributed by atoms with van der Waals surface area (Å²) < 4.78 is 0. The number of nitrogens with one attached hydrogen (secondary N) is 2. The molecule has 5 nitrogen and oxygen atoms in total. The number of hydrogen-bond donors (Lipinski definition) is 3. The summed E-state index contributed by atoms with van der Waals surface area (Å²) in [6.07, 6.45) is 5.21. The van der Waals surface area contributed by atoms with E-state index >= 15 is 0 Å². The molecule has 0 heterocycles. The molecule has 0 aromatic carbocycles. The Hall–Kier alpha value is -1.39. The van der Waals surface area contributed by atoms with E-state index in [0.717, 1.165) is 0 Å². The average Bonchev–Trinajstić information content (AvgIpc) is 2.16. The molecular formula is C11H17N3O2. The molecule has 0 aliphatic heterocycles. The lowest BCUT2D eigenvalue weighted by atomic mass is 10.0. The zero-order valence-electron chi connectivity index (χ0n) is 9.70. The van der Waals surface area contributed by atoms with Crippen LogP contribution < -0.4 is 16.7 Å². The Morgan fingerprint density at radius 2 is 2.19 bits per heavy atom. The molecule has 0 saturated heterocycles. The first kappa shape index (κ1) is 12.7. The number of rotatable bonds is 3. The van der Waals surface area contributed by atoms with Gasteiger partial charge < -0.3 is 5.73 Å². The fraction of sp³-hybridized carbons (Fsp3) is 0.455. The fourth-order valence-electron chi connectivity index (χ4n) is 1.12. The highest BCUT2D eigenvalue weighted by atomic mass is 16.7. The number of hydrogen-bond acceptors (Lipinski definition) is 5. The summed E-state index contributed by atoms with van der Waals surface area (Å²) in [5.41, 5.74) is 11.5. The van der Waals surface area contributed by atoms with Crippen molar-refractivity contribution in [1.82, 2.24) is 11.0 Å². The van der Waals surface area contributed by atoms with Crippen LogP contribution in [0.2, 0.25) is 0 Å². The molecule has 1 rings (SSSR count). The molecule has 0 bridgehead atoms. The van der Waals surface area contributed by atoms with Gasteiger partial charge >= 0.3 is 0 Å². The van der Waals surface area contributed by atoms with Crippen LogP contribution in [0, 0.1) is 0 Å². The van der Waals surface area contributed by atoms with E-state index < -0.39 is 0 Å².